The molecule has 112 heavy (non-hydrogen) atoms. The first-order chi connectivity index (χ1) is 55.5. The van der Waals surface area contributed by atoms with Crippen LogP contribution in [-0.2, 0) is 0 Å². The molecule has 0 fully saturated rings. The van der Waals surface area contributed by atoms with Crippen LogP contribution in [0, 0.1) is 0 Å². The molecule has 8 nitrogen and oxygen atoms in total. The van der Waals surface area contributed by atoms with Crippen molar-refractivity contribution in [2.24, 2.45) is 0 Å². The number of thiophene rings is 2. The molecule has 0 bridgehead atoms. The molecular weight excluding hydrogens is 1400 g/mol. The summed E-state index contributed by atoms with van der Waals surface area (Å²) >= 11 is 3.64. The topological polar surface area (TPSA) is 87.2 Å². The zero-order chi connectivity index (χ0) is 74.0. The fraction of sp³-hybridized carbons (Fsp3) is 0. The standard InChI is InChI=1S/2C51H32N4S/c1-4-15-33(16-5-1)36-27-28-41-40-23-10-12-25-45(40)55(46(41)30-36)39-31-43(48-44(32-39)42-24-11-13-26-47(42)56-48)37-21-14-22-38(29-37)51-53-49(34-17-6-2-7-18-34)52-50(54-51)35-19-8-3-9-20-35;1-4-14-33(15-5-1)35-24-26-37(27-25-35)50-52-49(36-18-8-3-9-19-36)53-51(54-50)44-32-39(31-43-42-21-11-13-23-47(42)56-48(43)44)55-45-22-12-10-20-40(45)41-29-28-38(30-46(41)55)34-16-6-2-7-17-34/h2*1-32H. The van der Waals surface area contributed by atoms with Gasteiger partial charge in [-0.15, -0.1) is 22.7 Å². The van der Waals surface area contributed by atoms with Crippen LogP contribution in [0.3, 0.4) is 0 Å². The van der Waals surface area contributed by atoms with E-state index in [2.05, 4.69) is 312 Å². The lowest BCUT2D eigenvalue weighted by molar-refractivity contribution is 1.07. The van der Waals surface area contributed by atoms with Crippen LogP contribution in [0.15, 0.2) is 388 Å². The molecule has 6 heterocycles. The molecule has 0 aliphatic rings. The third-order valence-electron chi connectivity index (χ3n) is 21.3. The molecule has 0 radical (unpaired) electrons. The van der Waals surface area contributed by atoms with Crippen molar-refractivity contribution in [1.82, 2.24) is 39.0 Å². The van der Waals surface area contributed by atoms with Gasteiger partial charge in [-0.25, -0.2) is 29.9 Å². The van der Waals surface area contributed by atoms with Crippen LogP contribution in [0.25, 0.3) is 208 Å². The van der Waals surface area contributed by atoms with Gasteiger partial charge in [0, 0.05) is 112 Å². The third-order valence-corrected chi connectivity index (χ3v) is 23.7. The van der Waals surface area contributed by atoms with Crippen molar-refractivity contribution in [2.75, 3.05) is 0 Å². The summed E-state index contributed by atoms with van der Waals surface area (Å²) in [6, 6.07) is 137. The Bertz CT molecular complexity index is 7290. The Morgan fingerprint density at radius 1 is 0.170 bits per heavy atom. The first-order valence-corrected chi connectivity index (χ1v) is 39.2. The Morgan fingerprint density at radius 2 is 0.464 bits per heavy atom. The summed E-state index contributed by atoms with van der Waals surface area (Å²) in [6.07, 6.45) is 0. The van der Waals surface area contributed by atoms with Crippen LogP contribution in [0.2, 0.25) is 0 Å². The average Bonchev–Trinajstić information content (AvgIpc) is 1.58. The van der Waals surface area contributed by atoms with Crippen molar-refractivity contribution in [3.8, 4) is 124 Å². The van der Waals surface area contributed by atoms with Gasteiger partial charge >= 0.3 is 0 Å². The zero-order valence-corrected chi connectivity index (χ0v) is 62.0. The van der Waals surface area contributed by atoms with Crippen LogP contribution in [-0.4, -0.2) is 39.0 Å². The highest BCUT2D eigenvalue weighted by Gasteiger charge is 2.24. The molecule has 22 aromatic rings. The summed E-state index contributed by atoms with van der Waals surface area (Å²) in [5, 5.41) is 9.80. The largest absolute Gasteiger partial charge is 0.309 e. The van der Waals surface area contributed by atoms with Crippen LogP contribution < -0.4 is 0 Å². The summed E-state index contributed by atoms with van der Waals surface area (Å²) in [6.45, 7) is 0. The van der Waals surface area contributed by atoms with Gasteiger partial charge in [-0.05, 0) is 106 Å². The summed E-state index contributed by atoms with van der Waals surface area (Å²) in [7, 11) is 0. The van der Waals surface area contributed by atoms with E-state index >= 15 is 0 Å². The van der Waals surface area contributed by atoms with E-state index in [0.29, 0.717) is 34.9 Å². The fourth-order valence-corrected chi connectivity index (χ4v) is 18.3. The molecule has 22 rings (SSSR count). The number of fused-ring (bicyclic) bond motifs is 12. The number of hydrogen-bond acceptors (Lipinski definition) is 8. The van der Waals surface area contributed by atoms with E-state index in [4.69, 9.17) is 29.9 Å². The maximum atomic E-state index is 5.30. The van der Waals surface area contributed by atoms with Gasteiger partial charge in [0.2, 0.25) is 0 Å². The van der Waals surface area contributed by atoms with Crippen LogP contribution in [0.4, 0.5) is 0 Å². The van der Waals surface area contributed by atoms with Crippen molar-refractivity contribution < 1.29 is 0 Å². The summed E-state index contributed by atoms with van der Waals surface area (Å²) in [5.74, 6) is 3.86. The second-order valence-electron chi connectivity index (χ2n) is 28.1. The molecule has 0 saturated carbocycles. The van der Waals surface area contributed by atoms with Gasteiger partial charge < -0.3 is 9.13 Å². The molecule has 0 unspecified atom stereocenters. The minimum Gasteiger partial charge on any atom is -0.309 e. The van der Waals surface area contributed by atoms with E-state index in [0.717, 1.165) is 71.6 Å². The molecule has 6 aromatic heterocycles. The Morgan fingerprint density at radius 3 is 0.911 bits per heavy atom. The van der Waals surface area contributed by atoms with Gasteiger partial charge in [-0.1, -0.05) is 322 Å². The lowest BCUT2D eigenvalue weighted by atomic mass is 9.99. The van der Waals surface area contributed by atoms with E-state index < -0.39 is 0 Å². The number of nitrogens with zero attached hydrogens (tertiary/aromatic N) is 8. The predicted molar refractivity (Wildman–Crippen MR) is 468 cm³/mol. The quantitative estimate of drug-likeness (QED) is 0.121. The molecule has 0 saturated heterocycles. The highest BCUT2D eigenvalue weighted by atomic mass is 32.1. The molecular formula is C102H64N8S2. The average molecular weight is 1470 g/mol. The van der Waals surface area contributed by atoms with Crippen LogP contribution >= 0.6 is 22.7 Å². The highest BCUT2D eigenvalue weighted by molar-refractivity contribution is 7.26. The molecule has 0 amide bonds. The molecule has 0 aliphatic heterocycles. The van der Waals surface area contributed by atoms with Crippen molar-refractivity contribution in [2.45, 2.75) is 0 Å². The van der Waals surface area contributed by atoms with Gasteiger partial charge in [0.15, 0.2) is 34.9 Å². The number of benzene rings is 16. The lowest BCUT2D eigenvalue weighted by Gasteiger charge is -2.14. The summed E-state index contributed by atoms with van der Waals surface area (Å²) in [5.41, 5.74) is 21.9. The van der Waals surface area contributed by atoms with Crippen molar-refractivity contribution >= 4 is 107 Å². The maximum absolute atomic E-state index is 5.30. The summed E-state index contributed by atoms with van der Waals surface area (Å²) in [4.78, 5) is 30.7. The van der Waals surface area contributed by atoms with Crippen molar-refractivity contribution in [3.63, 3.8) is 0 Å². The highest BCUT2D eigenvalue weighted by Crippen LogP contribution is 2.47. The Labute approximate surface area is 653 Å². The van der Waals surface area contributed by atoms with Crippen LogP contribution in [0.1, 0.15) is 0 Å². The molecule has 0 N–H and O–H groups in total. The first-order valence-electron chi connectivity index (χ1n) is 37.5. The van der Waals surface area contributed by atoms with Gasteiger partial charge in [0.05, 0.1) is 22.1 Å². The Hall–Kier alpha value is -14.4. The fourth-order valence-electron chi connectivity index (χ4n) is 15.9. The number of rotatable bonds is 12. The van der Waals surface area contributed by atoms with E-state index in [1.54, 1.807) is 11.3 Å². The number of aromatic nitrogens is 8. The monoisotopic (exact) mass is 1460 g/mol. The van der Waals surface area contributed by atoms with E-state index in [1.165, 1.54) is 102 Å². The molecule has 10 heteroatoms. The van der Waals surface area contributed by atoms with E-state index in [-0.39, 0.29) is 0 Å². The molecule has 16 aromatic carbocycles. The Kier molecular flexibility index (Phi) is 16.4. The van der Waals surface area contributed by atoms with Gasteiger partial charge in [0.25, 0.3) is 0 Å². The molecule has 0 atom stereocenters. The van der Waals surface area contributed by atoms with Gasteiger partial charge in [-0.3, -0.25) is 0 Å². The molecule has 0 aliphatic carbocycles. The van der Waals surface area contributed by atoms with Gasteiger partial charge in [-0.2, -0.15) is 0 Å². The van der Waals surface area contributed by atoms with Crippen molar-refractivity contribution in [3.05, 3.63) is 388 Å². The smallest absolute Gasteiger partial charge is 0.165 e. The van der Waals surface area contributed by atoms with E-state index in [1.807, 2.05) is 96.3 Å². The third kappa shape index (κ3) is 11.9. The summed E-state index contributed by atoms with van der Waals surface area (Å²) < 4.78 is 9.75. The Balaban J connectivity index is 0.000000141. The molecule has 524 valence electrons. The van der Waals surface area contributed by atoms with Crippen molar-refractivity contribution in [1.29, 1.82) is 0 Å². The lowest BCUT2D eigenvalue weighted by Crippen LogP contribution is -2.01. The number of hydrogen-bond donors (Lipinski definition) is 0. The first kappa shape index (κ1) is 65.8. The van der Waals surface area contributed by atoms with Crippen LogP contribution in [0.5, 0.6) is 0 Å². The second-order valence-corrected chi connectivity index (χ2v) is 30.2. The molecule has 0 spiro atoms. The SMILES string of the molecule is c1ccc(-c2ccc(-c3nc(-c4ccccc4)nc(-c4cc(-n5c6ccccc6c6ccc(-c7ccccc7)cc65)cc5c4sc4ccccc45)n3)cc2)cc1.c1ccc(-c2ccc3c4ccccc4n(-c4cc(-c5cccc(-c6nc(-c7ccccc7)nc(-c7ccccc7)n6)c5)c5sc6ccccc6c5c4)c3c2)cc1. The normalized spacial score (nSPS) is 11.6. The zero-order valence-electron chi connectivity index (χ0n) is 60.3. The predicted octanol–water partition coefficient (Wildman–Crippen LogP) is 27.3. The minimum atomic E-state index is 0.637. The number of para-hydroxylation sites is 2. The van der Waals surface area contributed by atoms with E-state index in [9.17, 15) is 0 Å². The van der Waals surface area contributed by atoms with Gasteiger partial charge in [0.1, 0.15) is 0 Å². The minimum absolute atomic E-state index is 0.637. The maximum Gasteiger partial charge on any atom is 0.165 e. The second kappa shape index (κ2) is 28.0.